The minimum atomic E-state index is -0.132. The molecule has 0 atom stereocenters. The van der Waals surface area contributed by atoms with Crippen molar-refractivity contribution in [3.05, 3.63) is 11.6 Å². The Bertz CT molecular complexity index is 550. The summed E-state index contributed by atoms with van der Waals surface area (Å²) >= 11 is 0. The molecule has 0 aromatic carbocycles. The second-order valence-corrected chi connectivity index (χ2v) is 8.58. The van der Waals surface area contributed by atoms with Crippen LogP contribution in [0.2, 0.25) is 0 Å². The van der Waals surface area contributed by atoms with Crippen molar-refractivity contribution in [2.45, 2.75) is 63.6 Å². The maximum absolute atomic E-state index is 9.64. The summed E-state index contributed by atoms with van der Waals surface area (Å²) in [5.74, 6) is 2.65. The van der Waals surface area contributed by atoms with Gasteiger partial charge in [-0.05, 0) is 52.6 Å². The molecule has 3 N–H and O–H groups in total. The fourth-order valence-electron chi connectivity index (χ4n) is 4.07. The molecule has 0 radical (unpaired) electrons. The summed E-state index contributed by atoms with van der Waals surface area (Å²) in [6, 6.07) is 0. The third kappa shape index (κ3) is 5.00. The molecule has 0 aliphatic carbocycles. The fraction of sp³-hybridized carbons (Fsp3) is 0.889. The molecule has 2 fully saturated rings. The van der Waals surface area contributed by atoms with Gasteiger partial charge >= 0.3 is 0 Å². The molecule has 1 aromatic rings. The Labute approximate surface area is 151 Å². The van der Waals surface area contributed by atoms with Crippen LogP contribution in [-0.2, 0) is 13.6 Å². The van der Waals surface area contributed by atoms with Crippen molar-refractivity contribution in [3.63, 3.8) is 0 Å². The van der Waals surface area contributed by atoms with Gasteiger partial charge in [-0.15, -0.1) is 10.2 Å². The van der Waals surface area contributed by atoms with Crippen LogP contribution in [0, 0.1) is 0 Å². The maximum atomic E-state index is 9.64. The molecule has 142 valence electrons. The van der Waals surface area contributed by atoms with Crippen LogP contribution in [0.15, 0.2) is 0 Å². The van der Waals surface area contributed by atoms with Crippen LogP contribution in [0.4, 0.5) is 0 Å². The Kier molecular flexibility index (Phi) is 5.78. The highest BCUT2D eigenvalue weighted by atomic mass is 16.3. The molecule has 7 heteroatoms. The van der Waals surface area contributed by atoms with E-state index >= 15 is 0 Å². The SMILES string of the molecule is Cn1c(CN2CCC(O)CC2)nnc1C1CCN(CC(C)(C)N)CC1. The van der Waals surface area contributed by atoms with Crippen LogP contribution in [-0.4, -0.2) is 74.0 Å². The highest BCUT2D eigenvalue weighted by Crippen LogP contribution is 2.27. The first-order valence-electron chi connectivity index (χ1n) is 9.61. The maximum Gasteiger partial charge on any atom is 0.146 e. The Balaban J connectivity index is 1.55. The molecule has 0 amide bonds. The minimum Gasteiger partial charge on any atom is -0.393 e. The zero-order valence-corrected chi connectivity index (χ0v) is 16.0. The van der Waals surface area contributed by atoms with Crippen LogP contribution >= 0.6 is 0 Å². The lowest BCUT2D eigenvalue weighted by Crippen LogP contribution is -2.47. The number of piperidine rings is 2. The van der Waals surface area contributed by atoms with Gasteiger partial charge in [-0.2, -0.15) is 0 Å². The van der Waals surface area contributed by atoms with Crippen molar-refractivity contribution in [1.82, 2.24) is 24.6 Å². The second-order valence-electron chi connectivity index (χ2n) is 8.58. The van der Waals surface area contributed by atoms with E-state index in [1.54, 1.807) is 0 Å². The summed E-state index contributed by atoms with van der Waals surface area (Å²) in [6.45, 7) is 10.0. The number of likely N-dealkylation sites (tertiary alicyclic amines) is 2. The summed E-state index contributed by atoms with van der Waals surface area (Å²) in [6.07, 6.45) is 3.84. The number of aromatic nitrogens is 3. The Morgan fingerprint density at radius 1 is 1.04 bits per heavy atom. The molecule has 1 aromatic heterocycles. The molecular formula is C18H34N6O. The molecule has 3 heterocycles. The molecule has 25 heavy (non-hydrogen) atoms. The highest BCUT2D eigenvalue weighted by molar-refractivity contribution is 5.04. The molecule has 2 aliphatic rings. The van der Waals surface area contributed by atoms with Crippen molar-refractivity contribution < 1.29 is 5.11 Å². The quantitative estimate of drug-likeness (QED) is 0.813. The van der Waals surface area contributed by atoms with Gasteiger partial charge in [-0.25, -0.2) is 0 Å². The zero-order chi connectivity index (χ0) is 18.0. The van der Waals surface area contributed by atoms with Gasteiger partial charge in [0.05, 0.1) is 12.6 Å². The lowest BCUT2D eigenvalue weighted by atomic mass is 9.94. The number of nitrogens with zero attached hydrogens (tertiary/aromatic N) is 5. The predicted molar refractivity (Wildman–Crippen MR) is 98.2 cm³/mol. The molecule has 2 aliphatic heterocycles. The molecule has 0 bridgehead atoms. The topological polar surface area (TPSA) is 83.4 Å². The first-order chi connectivity index (χ1) is 11.8. The van der Waals surface area contributed by atoms with E-state index < -0.39 is 0 Å². The van der Waals surface area contributed by atoms with Gasteiger partial charge in [-0.3, -0.25) is 4.90 Å². The van der Waals surface area contributed by atoms with Crippen molar-refractivity contribution in [1.29, 1.82) is 0 Å². The van der Waals surface area contributed by atoms with Crippen LogP contribution in [0.5, 0.6) is 0 Å². The largest absolute Gasteiger partial charge is 0.393 e. The van der Waals surface area contributed by atoms with Gasteiger partial charge < -0.3 is 20.3 Å². The molecule has 2 saturated heterocycles. The smallest absolute Gasteiger partial charge is 0.146 e. The molecule has 3 rings (SSSR count). The van der Waals surface area contributed by atoms with E-state index in [9.17, 15) is 5.11 Å². The summed E-state index contributed by atoms with van der Waals surface area (Å²) in [4.78, 5) is 4.83. The average molecular weight is 351 g/mol. The molecule has 0 saturated carbocycles. The second kappa shape index (κ2) is 7.70. The third-order valence-electron chi connectivity index (χ3n) is 5.50. The monoisotopic (exact) mass is 350 g/mol. The molecular weight excluding hydrogens is 316 g/mol. The van der Waals surface area contributed by atoms with Gasteiger partial charge in [0.15, 0.2) is 0 Å². The van der Waals surface area contributed by atoms with E-state index in [1.807, 2.05) is 0 Å². The Morgan fingerprint density at radius 3 is 2.24 bits per heavy atom. The number of aliphatic hydroxyl groups excluding tert-OH is 1. The van der Waals surface area contributed by atoms with Crippen LogP contribution in [0.25, 0.3) is 0 Å². The van der Waals surface area contributed by atoms with E-state index in [2.05, 4.69) is 45.5 Å². The lowest BCUT2D eigenvalue weighted by molar-refractivity contribution is 0.0775. The highest BCUT2D eigenvalue weighted by Gasteiger charge is 2.28. The van der Waals surface area contributed by atoms with Crippen LogP contribution in [0.1, 0.15) is 57.1 Å². The summed E-state index contributed by atoms with van der Waals surface area (Å²) in [5, 5.41) is 18.6. The Morgan fingerprint density at radius 2 is 1.64 bits per heavy atom. The number of hydrogen-bond donors (Lipinski definition) is 2. The molecule has 7 nitrogen and oxygen atoms in total. The summed E-state index contributed by atoms with van der Waals surface area (Å²) < 4.78 is 2.19. The third-order valence-corrected chi connectivity index (χ3v) is 5.50. The van der Waals surface area contributed by atoms with Gasteiger partial charge in [0.1, 0.15) is 11.6 Å². The van der Waals surface area contributed by atoms with E-state index in [0.717, 1.165) is 76.6 Å². The fourth-order valence-corrected chi connectivity index (χ4v) is 4.07. The van der Waals surface area contributed by atoms with E-state index in [0.29, 0.717) is 5.92 Å². The number of hydrogen-bond acceptors (Lipinski definition) is 6. The average Bonchev–Trinajstić information content (AvgIpc) is 2.90. The zero-order valence-electron chi connectivity index (χ0n) is 16.0. The van der Waals surface area contributed by atoms with Crippen LogP contribution < -0.4 is 5.73 Å². The van der Waals surface area contributed by atoms with Gasteiger partial charge in [-0.1, -0.05) is 0 Å². The van der Waals surface area contributed by atoms with E-state index in [4.69, 9.17) is 5.73 Å². The van der Waals surface area contributed by atoms with Gasteiger partial charge in [0.25, 0.3) is 0 Å². The van der Waals surface area contributed by atoms with Crippen LogP contribution in [0.3, 0.4) is 0 Å². The van der Waals surface area contributed by atoms with Crippen molar-refractivity contribution >= 4 is 0 Å². The van der Waals surface area contributed by atoms with E-state index in [-0.39, 0.29) is 11.6 Å². The van der Waals surface area contributed by atoms with Gasteiger partial charge in [0.2, 0.25) is 0 Å². The Hall–Kier alpha value is -1.02. The van der Waals surface area contributed by atoms with E-state index in [1.165, 1.54) is 0 Å². The first-order valence-corrected chi connectivity index (χ1v) is 9.61. The lowest BCUT2D eigenvalue weighted by Gasteiger charge is -2.35. The first kappa shape index (κ1) is 18.8. The molecule has 0 unspecified atom stereocenters. The number of rotatable bonds is 5. The predicted octanol–water partition coefficient (Wildman–Crippen LogP) is 0.689. The summed E-state index contributed by atoms with van der Waals surface area (Å²) in [5.41, 5.74) is 6.02. The summed E-state index contributed by atoms with van der Waals surface area (Å²) in [7, 11) is 2.10. The standard InChI is InChI=1S/C18H34N6O/c1-18(2,19)13-24-8-4-14(5-9-24)17-21-20-16(22(17)3)12-23-10-6-15(25)7-11-23/h14-15,25H,4-13,19H2,1-3H3. The van der Waals surface area contributed by atoms with Crippen molar-refractivity contribution in [2.24, 2.45) is 12.8 Å². The number of aliphatic hydroxyl groups is 1. The molecule has 0 spiro atoms. The number of nitrogens with two attached hydrogens (primary N) is 1. The normalized spacial score (nSPS) is 22.6. The van der Waals surface area contributed by atoms with Crippen molar-refractivity contribution in [3.8, 4) is 0 Å². The van der Waals surface area contributed by atoms with Gasteiger partial charge in [0, 0.05) is 38.1 Å². The van der Waals surface area contributed by atoms with Crippen molar-refractivity contribution in [2.75, 3.05) is 32.7 Å². The minimum absolute atomic E-state index is 0.130.